The molecule has 0 atom stereocenters. The third-order valence-electron chi connectivity index (χ3n) is 1.88. The highest BCUT2D eigenvalue weighted by atomic mass is 16.3. The standard InChI is InChI=1S/C8H6N2O2/c1-4-6(11)3-2-5-7(4)8(12)10-9-5/h2-3,11H,1H3. The Hall–Kier alpha value is -1.71. The highest BCUT2D eigenvalue weighted by molar-refractivity contribution is 6.03. The summed E-state index contributed by atoms with van der Waals surface area (Å²) in [6, 6.07) is 3.08. The molecule has 0 saturated carbocycles. The number of hydrogen-bond acceptors (Lipinski definition) is 3. The predicted octanol–water partition coefficient (Wildman–Crippen LogP) is 1.94. The highest BCUT2D eigenvalue weighted by Crippen LogP contribution is 2.33. The maximum absolute atomic E-state index is 11.1. The van der Waals surface area contributed by atoms with Gasteiger partial charge in [0.1, 0.15) is 5.75 Å². The van der Waals surface area contributed by atoms with Crippen molar-refractivity contribution in [1.82, 2.24) is 0 Å². The number of azo groups is 1. The van der Waals surface area contributed by atoms with E-state index in [1.165, 1.54) is 6.07 Å². The third kappa shape index (κ3) is 0.747. The van der Waals surface area contributed by atoms with E-state index in [0.29, 0.717) is 16.8 Å². The average Bonchev–Trinajstić information content (AvgIpc) is 2.41. The van der Waals surface area contributed by atoms with E-state index in [0.717, 1.165) is 0 Å². The topological polar surface area (TPSA) is 62.0 Å². The molecule has 0 spiro atoms. The second-order valence-corrected chi connectivity index (χ2v) is 2.61. The molecule has 0 bridgehead atoms. The fourth-order valence-corrected chi connectivity index (χ4v) is 1.19. The summed E-state index contributed by atoms with van der Waals surface area (Å²) in [5, 5.41) is 16.3. The van der Waals surface area contributed by atoms with Gasteiger partial charge in [-0.25, -0.2) is 0 Å². The highest BCUT2D eigenvalue weighted by Gasteiger charge is 2.21. The zero-order valence-corrected chi connectivity index (χ0v) is 6.40. The molecule has 0 aliphatic carbocycles. The lowest BCUT2D eigenvalue weighted by molar-refractivity contribution is 0.100. The van der Waals surface area contributed by atoms with Gasteiger partial charge in [-0.3, -0.25) is 4.79 Å². The summed E-state index contributed by atoms with van der Waals surface area (Å²) in [7, 11) is 0. The number of phenols is 1. The molecule has 4 nitrogen and oxygen atoms in total. The molecule has 0 aromatic heterocycles. The van der Waals surface area contributed by atoms with Gasteiger partial charge in [-0.1, -0.05) is 0 Å². The quantitative estimate of drug-likeness (QED) is 0.633. The van der Waals surface area contributed by atoms with E-state index < -0.39 is 0 Å². The Kier molecular flexibility index (Phi) is 1.24. The van der Waals surface area contributed by atoms with E-state index in [9.17, 15) is 9.90 Å². The molecule has 1 heterocycles. The number of benzene rings is 1. The second-order valence-electron chi connectivity index (χ2n) is 2.61. The van der Waals surface area contributed by atoms with Crippen molar-refractivity contribution in [2.24, 2.45) is 10.2 Å². The van der Waals surface area contributed by atoms with Crippen LogP contribution in [0.25, 0.3) is 0 Å². The molecule has 1 amide bonds. The van der Waals surface area contributed by atoms with E-state index in [1.807, 2.05) is 0 Å². The Morgan fingerprint density at radius 3 is 2.83 bits per heavy atom. The lowest BCUT2D eigenvalue weighted by Crippen LogP contribution is -1.93. The minimum atomic E-state index is -0.376. The lowest BCUT2D eigenvalue weighted by atomic mass is 10.1. The summed E-state index contributed by atoms with van der Waals surface area (Å²) in [4.78, 5) is 11.1. The molecule has 0 radical (unpaired) electrons. The Balaban J connectivity index is 2.76. The molecular formula is C8H6N2O2. The van der Waals surface area contributed by atoms with Crippen LogP contribution in [-0.2, 0) is 0 Å². The van der Waals surface area contributed by atoms with Gasteiger partial charge >= 0.3 is 0 Å². The van der Waals surface area contributed by atoms with E-state index in [-0.39, 0.29) is 11.7 Å². The number of carbonyl (C=O) groups is 1. The van der Waals surface area contributed by atoms with Crippen LogP contribution >= 0.6 is 0 Å². The normalized spacial score (nSPS) is 13.6. The van der Waals surface area contributed by atoms with E-state index in [1.54, 1.807) is 13.0 Å². The zero-order valence-electron chi connectivity index (χ0n) is 6.40. The van der Waals surface area contributed by atoms with Crippen LogP contribution in [0.1, 0.15) is 15.9 Å². The molecule has 1 N–H and O–H groups in total. The molecular weight excluding hydrogens is 156 g/mol. The van der Waals surface area contributed by atoms with Gasteiger partial charge in [-0.15, -0.1) is 10.2 Å². The first kappa shape index (κ1) is 6.97. The summed E-state index contributed by atoms with van der Waals surface area (Å²) in [6.07, 6.45) is 0. The molecule has 0 unspecified atom stereocenters. The number of carbonyl (C=O) groups excluding carboxylic acids is 1. The van der Waals surface area contributed by atoms with Crippen LogP contribution in [0.3, 0.4) is 0 Å². The number of nitrogens with zero attached hydrogens (tertiary/aromatic N) is 2. The van der Waals surface area contributed by atoms with Crippen molar-refractivity contribution >= 4 is 11.6 Å². The number of phenolic OH excluding ortho intramolecular Hbond substituents is 1. The predicted molar refractivity (Wildman–Crippen MR) is 41.7 cm³/mol. The third-order valence-corrected chi connectivity index (χ3v) is 1.88. The van der Waals surface area contributed by atoms with Gasteiger partial charge in [0.25, 0.3) is 5.91 Å². The van der Waals surface area contributed by atoms with Crippen molar-refractivity contribution in [1.29, 1.82) is 0 Å². The Morgan fingerprint density at radius 1 is 1.33 bits per heavy atom. The fraction of sp³-hybridized carbons (Fsp3) is 0.125. The summed E-state index contributed by atoms with van der Waals surface area (Å²) >= 11 is 0. The van der Waals surface area contributed by atoms with Crippen molar-refractivity contribution in [3.8, 4) is 5.75 Å². The van der Waals surface area contributed by atoms with Gasteiger partial charge in [0, 0.05) is 5.56 Å². The van der Waals surface area contributed by atoms with Crippen molar-refractivity contribution < 1.29 is 9.90 Å². The van der Waals surface area contributed by atoms with Crippen molar-refractivity contribution in [2.45, 2.75) is 6.92 Å². The number of hydrogen-bond donors (Lipinski definition) is 1. The molecule has 12 heavy (non-hydrogen) atoms. The number of aromatic hydroxyl groups is 1. The van der Waals surface area contributed by atoms with Gasteiger partial charge in [0.05, 0.1) is 11.3 Å². The van der Waals surface area contributed by atoms with Crippen LogP contribution in [-0.4, -0.2) is 11.0 Å². The first-order valence-corrected chi connectivity index (χ1v) is 3.49. The molecule has 0 saturated heterocycles. The van der Waals surface area contributed by atoms with Crippen LogP contribution in [0, 0.1) is 6.92 Å². The van der Waals surface area contributed by atoms with Crippen LogP contribution in [0.15, 0.2) is 22.4 Å². The monoisotopic (exact) mass is 162 g/mol. The largest absolute Gasteiger partial charge is 0.508 e. The van der Waals surface area contributed by atoms with Gasteiger partial charge in [-0.2, -0.15) is 0 Å². The Labute approximate surface area is 68.6 Å². The number of amides is 1. The van der Waals surface area contributed by atoms with Gasteiger partial charge in [0.15, 0.2) is 0 Å². The van der Waals surface area contributed by atoms with Crippen molar-refractivity contribution in [2.75, 3.05) is 0 Å². The molecule has 1 aromatic rings. The fourth-order valence-electron chi connectivity index (χ4n) is 1.19. The molecule has 1 aliphatic rings. The minimum Gasteiger partial charge on any atom is -0.508 e. The Morgan fingerprint density at radius 2 is 2.08 bits per heavy atom. The summed E-state index contributed by atoms with van der Waals surface area (Å²) in [5.74, 6) is -0.271. The summed E-state index contributed by atoms with van der Waals surface area (Å²) < 4.78 is 0. The molecule has 4 heteroatoms. The van der Waals surface area contributed by atoms with E-state index in [2.05, 4.69) is 10.2 Å². The maximum Gasteiger partial charge on any atom is 0.298 e. The van der Waals surface area contributed by atoms with Crippen LogP contribution in [0.5, 0.6) is 5.75 Å². The first-order chi connectivity index (χ1) is 5.70. The zero-order chi connectivity index (χ0) is 8.72. The van der Waals surface area contributed by atoms with Crippen LogP contribution in [0.4, 0.5) is 5.69 Å². The number of fused-ring (bicyclic) bond motifs is 1. The van der Waals surface area contributed by atoms with Gasteiger partial charge in [-0.05, 0) is 19.1 Å². The van der Waals surface area contributed by atoms with Crippen LogP contribution in [0.2, 0.25) is 0 Å². The Bertz CT molecular complexity index is 396. The van der Waals surface area contributed by atoms with Gasteiger partial charge in [0.2, 0.25) is 0 Å². The molecule has 2 rings (SSSR count). The van der Waals surface area contributed by atoms with Crippen molar-refractivity contribution in [3.05, 3.63) is 23.3 Å². The van der Waals surface area contributed by atoms with Gasteiger partial charge < -0.3 is 5.11 Å². The average molecular weight is 162 g/mol. The smallest absolute Gasteiger partial charge is 0.298 e. The minimum absolute atomic E-state index is 0.106. The van der Waals surface area contributed by atoms with Crippen molar-refractivity contribution in [3.63, 3.8) is 0 Å². The lowest BCUT2D eigenvalue weighted by Gasteiger charge is -2.00. The summed E-state index contributed by atoms with van der Waals surface area (Å²) in [5.41, 5.74) is 1.49. The van der Waals surface area contributed by atoms with Crippen LogP contribution < -0.4 is 0 Å². The maximum atomic E-state index is 11.1. The van der Waals surface area contributed by atoms with E-state index >= 15 is 0 Å². The molecule has 60 valence electrons. The molecule has 1 aromatic carbocycles. The SMILES string of the molecule is Cc1c(O)ccc2c1C(=O)N=N2. The molecule has 1 aliphatic heterocycles. The number of rotatable bonds is 0. The second kappa shape index (κ2) is 2.14. The molecule has 0 fully saturated rings. The summed E-state index contributed by atoms with van der Waals surface area (Å²) in [6.45, 7) is 1.67. The first-order valence-electron chi connectivity index (χ1n) is 3.49. The van der Waals surface area contributed by atoms with E-state index in [4.69, 9.17) is 0 Å².